The third-order valence-electron chi connectivity index (χ3n) is 1.97. The number of rotatable bonds is 3. The van der Waals surface area contributed by atoms with Gasteiger partial charge in [0.15, 0.2) is 0 Å². The number of halogens is 1. The van der Waals surface area contributed by atoms with Crippen molar-refractivity contribution in [3.63, 3.8) is 0 Å². The van der Waals surface area contributed by atoms with Crippen molar-refractivity contribution in [2.75, 3.05) is 13.2 Å². The standard InChI is InChI=1S/C10H11IO2/c1-7-4-8(2-3-10(7)11)12-5-9-6-13-9/h2-4,9H,5-6H2,1H3/t9-/m0/s1. The molecular weight excluding hydrogens is 279 g/mol. The van der Waals surface area contributed by atoms with E-state index in [0.29, 0.717) is 12.7 Å². The molecule has 0 spiro atoms. The van der Waals surface area contributed by atoms with Crippen LogP contribution in [0.15, 0.2) is 18.2 Å². The van der Waals surface area contributed by atoms with Crippen molar-refractivity contribution in [1.82, 2.24) is 0 Å². The van der Waals surface area contributed by atoms with Gasteiger partial charge in [0, 0.05) is 3.57 Å². The summed E-state index contributed by atoms with van der Waals surface area (Å²) >= 11 is 2.31. The van der Waals surface area contributed by atoms with Crippen LogP contribution in [0.5, 0.6) is 5.75 Å². The van der Waals surface area contributed by atoms with Crippen LogP contribution < -0.4 is 4.74 Å². The van der Waals surface area contributed by atoms with Gasteiger partial charge >= 0.3 is 0 Å². The summed E-state index contributed by atoms with van der Waals surface area (Å²) in [4.78, 5) is 0. The highest BCUT2D eigenvalue weighted by Crippen LogP contribution is 2.20. The lowest BCUT2D eigenvalue weighted by Crippen LogP contribution is -2.04. The molecule has 3 heteroatoms. The number of epoxide rings is 1. The fourth-order valence-electron chi connectivity index (χ4n) is 1.06. The van der Waals surface area contributed by atoms with Gasteiger partial charge in [-0.1, -0.05) is 0 Å². The summed E-state index contributed by atoms with van der Waals surface area (Å²) in [5, 5.41) is 0. The lowest BCUT2D eigenvalue weighted by Gasteiger charge is -2.05. The molecular formula is C10H11IO2. The molecule has 0 amide bonds. The number of aryl methyl sites for hydroxylation is 1. The normalized spacial score (nSPS) is 20.0. The van der Waals surface area contributed by atoms with Crippen molar-refractivity contribution >= 4 is 22.6 Å². The minimum atomic E-state index is 0.333. The summed E-state index contributed by atoms with van der Waals surface area (Å²) < 4.78 is 11.9. The fourth-order valence-corrected chi connectivity index (χ4v) is 1.40. The van der Waals surface area contributed by atoms with Crippen LogP contribution in [0, 0.1) is 10.5 Å². The monoisotopic (exact) mass is 290 g/mol. The van der Waals surface area contributed by atoms with Crippen molar-refractivity contribution in [3.05, 3.63) is 27.3 Å². The van der Waals surface area contributed by atoms with Crippen molar-refractivity contribution in [2.45, 2.75) is 13.0 Å². The zero-order valence-electron chi connectivity index (χ0n) is 7.42. The predicted octanol–water partition coefficient (Wildman–Crippen LogP) is 2.38. The van der Waals surface area contributed by atoms with Crippen LogP contribution in [0.4, 0.5) is 0 Å². The van der Waals surface area contributed by atoms with Crippen molar-refractivity contribution < 1.29 is 9.47 Å². The molecule has 1 aromatic carbocycles. The molecule has 0 aromatic heterocycles. The first-order valence-electron chi connectivity index (χ1n) is 4.26. The Bertz CT molecular complexity index is 308. The van der Waals surface area contributed by atoms with E-state index in [1.807, 2.05) is 6.07 Å². The van der Waals surface area contributed by atoms with Gasteiger partial charge in [-0.2, -0.15) is 0 Å². The maximum atomic E-state index is 5.54. The summed E-state index contributed by atoms with van der Waals surface area (Å²) in [6, 6.07) is 6.13. The van der Waals surface area contributed by atoms with Gasteiger partial charge < -0.3 is 9.47 Å². The van der Waals surface area contributed by atoms with E-state index in [4.69, 9.17) is 9.47 Å². The van der Waals surface area contributed by atoms with Gasteiger partial charge in [0.05, 0.1) is 6.61 Å². The van der Waals surface area contributed by atoms with E-state index in [2.05, 4.69) is 41.6 Å². The van der Waals surface area contributed by atoms with E-state index in [9.17, 15) is 0 Å². The minimum Gasteiger partial charge on any atom is -0.491 e. The van der Waals surface area contributed by atoms with E-state index >= 15 is 0 Å². The number of hydrogen-bond donors (Lipinski definition) is 0. The van der Waals surface area contributed by atoms with E-state index in [0.717, 1.165) is 12.4 Å². The van der Waals surface area contributed by atoms with Crippen LogP contribution in [0.2, 0.25) is 0 Å². The molecule has 1 aliphatic rings. The molecule has 2 rings (SSSR count). The van der Waals surface area contributed by atoms with Crippen LogP contribution in [0.25, 0.3) is 0 Å². The van der Waals surface area contributed by atoms with Gasteiger partial charge in [-0.3, -0.25) is 0 Å². The molecule has 0 saturated carbocycles. The average molecular weight is 290 g/mol. The Morgan fingerprint density at radius 1 is 1.62 bits per heavy atom. The summed E-state index contributed by atoms with van der Waals surface area (Å²) in [5.41, 5.74) is 1.26. The average Bonchev–Trinajstić information content (AvgIpc) is 2.91. The molecule has 0 unspecified atom stereocenters. The summed E-state index contributed by atoms with van der Waals surface area (Å²) in [6.45, 7) is 3.62. The maximum Gasteiger partial charge on any atom is 0.119 e. The Kier molecular flexibility index (Phi) is 2.74. The first-order valence-corrected chi connectivity index (χ1v) is 5.34. The summed E-state index contributed by atoms with van der Waals surface area (Å²) in [5.74, 6) is 0.938. The molecule has 1 atom stereocenters. The third kappa shape index (κ3) is 2.57. The molecule has 70 valence electrons. The zero-order valence-corrected chi connectivity index (χ0v) is 9.58. The molecule has 1 fully saturated rings. The highest BCUT2D eigenvalue weighted by Gasteiger charge is 2.22. The molecule has 1 saturated heterocycles. The summed E-state index contributed by atoms with van der Waals surface area (Å²) in [6.07, 6.45) is 0.333. The molecule has 0 radical (unpaired) electrons. The molecule has 1 heterocycles. The van der Waals surface area contributed by atoms with Crippen LogP contribution in [-0.4, -0.2) is 19.3 Å². The van der Waals surface area contributed by atoms with E-state index in [-0.39, 0.29) is 0 Å². The molecule has 0 aliphatic carbocycles. The Hall–Kier alpha value is -0.290. The topological polar surface area (TPSA) is 21.8 Å². The van der Waals surface area contributed by atoms with Gasteiger partial charge in [-0.05, 0) is 53.3 Å². The van der Waals surface area contributed by atoms with E-state index in [1.54, 1.807) is 0 Å². The van der Waals surface area contributed by atoms with E-state index < -0.39 is 0 Å². The predicted molar refractivity (Wildman–Crippen MR) is 59.1 cm³/mol. The SMILES string of the molecule is Cc1cc(OC[C@H]2CO2)ccc1I. The van der Waals surface area contributed by atoms with Gasteiger partial charge in [0.1, 0.15) is 18.5 Å². The number of benzene rings is 1. The quantitative estimate of drug-likeness (QED) is 0.630. The molecule has 1 aromatic rings. The third-order valence-corrected chi connectivity index (χ3v) is 3.18. The Morgan fingerprint density at radius 3 is 3.00 bits per heavy atom. The smallest absolute Gasteiger partial charge is 0.119 e. The molecule has 2 nitrogen and oxygen atoms in total. The van der Waals surface area contributed by atoms with Crippen LogP contribution in [-0.2, 0) is 4.74 Å². The first kappa shape index (κ1) is 9.27. The lowest BCUT2D eigenvalue weighted by atomic mass is 10.2. The van der Waals surface area contributed by atoms with Crippen molar-refractivity contribution in [1.29, 1.82) is 0 Å². The Morgan fingerprint density at radius 2 is 2.38 bits per heavy atom. The highest BCUT2D eigenvalue weighted by molar-refractivity contribution is 14.1. The van der Waals surface area contributed by atoms with Crippen LogP contribution >= 0.6 is 22.6 Å². The minimum absolute atomic E-state index is 0.333. The van der Waals surface area contributed by atoms with Crippen molar-refractivity contribution in [2.24, 2.45) is 0 Å². The van der Waals surface area contributed by atoms with Gasteiger partial charge in [-0.15, -0.1) is 0 Å². The largest absolute Gasteiger partial charge is 0.491 e. The number of ether oxygens (including phenoxy) is 2. The molecule has 1 aliphatic heterocycles. The van der Waals surface area contributed by atoms with Crippen LogP contribution in [0.3, 0.4) is 0 Å². The van der Waals surface area contributed by atoms with Gasteiger partial charge in [-0.25, -0.2) is 0 Å². The Labute approximate surface area is 91.4 Å². The van der Waals surface area contributed by atoms with Crippen LogP contribution in [0.1, 0.15) is 5.56 Å². The zero-order chi connectivity index (χ0) is 9.26. The fraction of sp³-hybridized carbons (Fsp3) is 0.400. The van der Waals surface area contributed by atoms with Crippen molar-refractivity contribution in [3.8, 4) is 5.75 Å². The molecule has 0 bridgehead atoms. The first-order chi connectivity index (χ1) is 6.25. The molecule has 13 heavy (non-hydrogen) atoms. The van der Waals surface area contributed by atoms with Gasteiger partial charge in [0.2, 0.25) is 0 Å². The second-order valence-corrected chi connectivity index (χ2v) is 4.34. The molecule has 0 N–H and O–H groups in total. The van der Waals surface area contributed by atoms with Gasteiger partial charge in [0.25, 0.3) is 0 Å². The second-order valence-electron chi connectivity index (χ2n) is 3.18. The maximum absolute atomic E-state index is 5.54. The Balaban J connectivity index is 1.98. The lowest BCUT2D eigenvalue weighted by molar-refractivity contribution is 0.263. The van der Waals surface area contributed by atoms with E-state index in [1.165, 1.54) is 9.13 Å². The number of hydrogen-bond acceptors (Lipinski definition) is 2. The second kappa shape index (κ2) is 3.84. The summed E-state index contributed by atoms with van der Waals surface area (Å²) in [7, 11) is 0. The highest BCUT2D eigenvalue weighted by atomic mass is 127.